The van der Waals surface area contributed by atoms with E-state index in [0.29, 0.717) is 17.6 Å². The summed E-state index contributed by atoms with van der Waals surface area (Å²) in [5.41, 5.74) is 0. The van der Waals surface area contributed by atoms with Crippen molar-refractivity contribution < 1.29 is 4.79 Å². The van der Waals surface area contributed by atoms with Gasteiger partial charge in [0.05, 0.1) is 0 Å². The molecule has 0 bridgehead atoms. The fourth-order valence-corrected chi connectivity index (χ4v) is 2.83. The number of Topliss-reactive ketones (excluding diaryl/α,β-unsaturated/α-hetero) is 1. The Balaban J connectivity index is 2.23. The minimum atomic E-state index is 0.403. The van der Waals surface area contributed by atoms with Gasteiger partial charge in [0.1, 0.15) is 5.78 Å². The lowest BCUT2D eigenvalue weighted by Crippen LogP contribution is -2.22. The molecule has 1 rings (SSSR count). The van der Waals surface area contributed by atoms with Gasteiger partial charge >= 0.3 is 0 Å². The molecule has 0 unspecified atom stereocenters. The van der Waals surface area contributed by atoms with Crippen molar-refractivity contribution in [1.82, 2.24) is 0 Å². The standard InChI is InChI=1S/C15H28O/c1-4-5-6-13-7-9-14(10-8-13)15(16)11-12(2)3/h12-14H,4-11H2,1-3H3. The Morgan fingerprint density at radius 1 is 1.19 bits per heavy atom. The molecule has 1 fully saturated rings. The van der Waals surface area contributed by atoms with Crippen molar-refractivity contribution in [3.05, 3.63) is 0 Å². The molecular formula is C15H28O. The summed E-state index contributed by atoms with van der Waals surface area (Å²) in [4.78, 5) is 11.9. The van der Waals surface area contributed by atoms with Crippen LogP contribution in [0.25, 0.3) is 0 Å². The molecule has 0 saturated heterocycles. The molecule has 1 aliphatic rings. The molecule has 0 atom stereocenters. The summed E-state index contributed by atoms with van der Waals surface area (Å²) in [5.74, 6) is 2.39. The highest BCUT2D eigenvalue weighted by atomic mass is 16.1. The lowest BCUT2D eigenvalue weighted by atomic mass is 9.77. The van der Waals surface area contributed by atoms with Crippen LogP contribution in [0.2, 0.25) is 0 Å². The largest absolute Gasteiger partial charge is 0.299 e. The zero-order valence-corrected chi connectivity index (χ0v) is 11.3. The molecule has 0 N–H and O–H groups in total. The van der Waals surface area contributed by atoms with Crippen molar-refractivity contribution in [3.8, 4) is 0 Å². The van der Waals surface area contributed by atoms with Crippen LogP contribution in [0.3, 0.4) is 0 Å². The molecule has 1 heteroatoms. The van der Waals surface area contributed by atoms with E-state index in [1.165, 1.54) is 44.9 Å². The zero-order chi connectivity index (χ0) is 12.0. The van der Waals surface area contributed by atoms with Gasteiger partial charge in [-0.05, 0) is 37.5 Å². The number of carbonyl (C=O) groups excluding carboxylic acids is 1. The monoisotopic (exact) mass is 224 g/mol. The molecule has 1 saturated carbocycles. The molecule has 0 amide bonds. The Kier molecular flexibility index (Phi) is 6.08. The van der Waals surface area contributed by atoms with E-state index in [9.17, 15) is 4.79 Å². The highest BCUT2D eigenvalue weighted by molar-refractivity contribution is 5.81. The number of ketones is 1. The van der Waals surface area contributed by atoms with Crippen LogP contribution in [0, 0.1) is 17.8 Å². The lowest BCUT2D eigenvalue weighted by molar-refractivity contribution is -0.124. The van der Waals surface area contributed by atoms with Gasteiger partial charge < -0.3 is 0 Å². The average Bonchev–Trinajstić information content (AvgIpc) is 2.26. The highest BCUT2D eigenvalue weighted by Gasteiger charge is 2.25. The summed E-state index contributed by atoms with van der Waals surface area (Å²) in [6.07, 6.45) is 9.80. The first kappa shape index (κ1) is 13.7. The van der Waals surface area contributed by atoms with E-state index in [1.54, 1.807) is 0 Å². The number of hydrogen-bond donors (Lipinski definition) is 0. The Bertz CT molecular complexity index is 199. The molecule has 1 nitrogen and oxygen atoms in total. The fraction of sp³-hybridized carbons (Fsp3) is 0.933. The minimum Gasteiger partial charge on any atom is -0.299 e. The van der Waals surface area contributed by atoms with E-state index >= 15 is 0 Å². The van der Waals surface area contributed by atoms with Crippen molar-refractivity contribution in [2.75, 3.05) is 0 Å². The normalized spacial score (nSPS) is 26.0. The smallest absolute Gasteiger partial charge is 0.136 e. The van der Waals surface area contributed by atoms with Gasteiger partial charge in [0.2, 0.25) is 0 Å². The van der Waals surface area contributed by atoms with E-state index in [1.807, 2.05) is 0 Å². The van der Waals surface area contributed by atoms with Gasteiger partial charge in [-0.15, -0.1) is 0 Å². The minimum absolute atomic E-state index is 0.403. The maximum absolute atomic E-state index is 11.9. The van der Waals surface area contributed by atoms with E-state index in [-0.39, 0.29) is 0 Å². The van der Waals surface area contributed by atoms with Crippen LogP contribution >= 0.6 is 0 Å². The molecule has 0 aromatic heterocycles. The Labute approximate surface area is 101 Å². The molecule has 16 heavy (non-hydrogen) atoms. The van der Waals surface area contributed by atoms with Gasteiger partial charge in [-0.1, -0.05) is 40.0 Å². The van der Waals surface area contributed by atoms with E-state index < -0.39 is 0 Å². The molecule has 1 aliphatic carbocycles. The van der Waals surface area contributed by atoms with Crippen LogP contribution in [0.5, 0.6) is 0 Å². The first-order valence-corrected chi connectivity index (χ1v) is 7.16. The molecule has 0 radical (unpaired) electrons. The summed E-state index contributed by atoms with van der Waals surface area (Å²) in [6, 6.07) is 0. The molecule has 0 aromatic carbocycles. The highest BCUT2D eigenvalue weighted by Crippen LogP contribution is 2.33. The second kappa shape index (κ2) is 7.09. The maximum atomic E-state index is 11.9. The van der Waals surface area contributed by atoms with E-state index in [2.05, 4.69) is 20.8 Å². The molecule has 94 valence electrons. The van der Waals surface area contributed by atoms with Crippen LogP contribution in [-0.4, -0.2) is 5.78 Å². The van der Waals surface area contributed by atoms with Gasteiger partial charge in [-0.25, -0.2) is 0 Å². The average molecular weight is 224 g/mol. The summed E-state index contributed by atoms with van der Waals surface area (Å²) in [7, 11) is 0. The summed E-state index contributed by atoms with van der Waals surface area (Å²) in [5, 5.41) is 0. The third-order valence-corrected chi connectivity index (χ3v) is 3.88. The van der Waals surface area contributed by atoms with Crippen molar-refractivity contribution in [2.24, 2.45) is 17.8 Å². The van der Waals surface area contributed by atoms with Crippen LogP contribution < -0.4 is 0 Å². The van der Waals surface area contributed by atoms with Gasteiger partial charge in [0, 0.05) is 12.3 Å². The first-order valence-electron chi connectivity index (χ1n) is 7.16. The maximum Gasteiger partial charge on any atom is 0.136 e. The van der Waals surface area contributed by atoms with Crippen molar-refractivity contribution in [2.45, 2.75) is 72.1 Å². The van der Waals surface area contributed by atoms with Gasteiger partial charge in [-0.3, -0.25) is 4.79 Å². The number of unbranched alkanes of at least 4 members (excludes halogenated alkanes) is 1. The fourth-order valence-electron chi connectivity index (χ4n) is 2.83. The SMILES string of the molecule is CCCCC1CCC(C(=O)CC(C)C)CC1. The number of carbonyl (C=O) groups is 1. The van der Waals surface area contributed by atoms with Crippen molar-refractivity contribution >= 4 is 5.78 Å². The number of hydrogen-bond acceptors (Lipinski definition) is 1. The summed E-state index contributed by atoms with van der Waals surface area (Å²) < 4.78 is 0. The molecule has 0 spiro atoms. The van der Waals surface area contributed by atoms with E-state index in [4.69, 9.17) is 0 Å². The summed E-state index contributed by atoms with van der Waals surface area (Å²) >= 11 is 0. The quantitative estimate of drug-likeness (QED) is 0.644. The molecular weight excluding hydrogens is 196 g/mol. The molecule has 0 heterocycles. The van der Waals surface area contributed by atoms with Gasteiger partial charge in [0.15, 0.2) is 0 Å². The van der Waals surface area contributed by atoms with Crippen LogP contribution in [-0.2, 0) is 4.79 Å². The molecule has 0 aromatic rings. The Morgan fingerprint density at radius 3 is 2.31 bits per heavy atom. The second-order valence-corrected chi connectivity index (χ2v) is 5.92. The Morgan fingerprint density at radius 2 is 1.81 bits per heavy atom. The Hall–Kier alpha value is -0.330. The lowest BCUT2D eigenvalue weighted by Gasteiger charge is -2.28. The van der Waals surface area contributed by atoms with Crippen molar-refractivity contribution in [3.63, 3.8) is 0 Å². The van der Waals surface area contributed by atoms with Crippen LogP contribution in [0.15, 0.2) is 0 Å². The third kappa shape index (κ3) is 4.67. The van der Waals surface area contributed by atoms with Crippen LogP contribution in [0.1, 0.15) is 72.1 Å². The first-order chi connectivity index (χ1) is 7.63. The van der Waals surface area contributed by atoms with E-state index in [0.717, 1.165) is 12.3 Å². The predicted octanol–water partition coefficient (Wildman–Crippen LogP) is 4.60. The topological polar surface area (TPSA) is 17.1 Å². The third-order valence-electron chi connectivity index (χ3n) is 3.88. The number of rotatable bonds is 6. The molecule has 0 aliphatic heterocycles. The van der Waals surface area contributed by atoms with Gasteiger partial charge in [0.25, 0.3) is 0 Å². The zero-order valence-electron chi connectivity index (χ0n) is 11.3. The van der Waals surface area contributed by atoms with Crippen LogP contribution in [0.4, 0.5) is 0 Å². The second-order valence-electron chi connectivity index (χ2n) is 5.92. The predicted molar refractivity (Wildman–Crippen MR) is 69.4 cm³/mol. The van der Waals surface area contributed by atoms with Gasteiger partial charge in [-0.2, -0.15) is 0 Å². The van der Waals surface area contributed by atoms with Crippen molar-refractivity contribution in [1.29, 1.82) is 0 Å². The summed E-state index contributed by atoms with van der Waals surface area (Å²) in [6.45, 7) is 6.55.